The van der Waals surface area contributed by atoms with E-state index < -0.39 is 0 Å². The van der Waals surface area contributed by atoms with Crippen molar-refractivity contribution < 1.29 is 4.74 Å². The fourth-order valence-corrected chi connectivity index (χ4v) is 2.60. The Hall–Kier alpha value is -0.880. The Morgan fingerprint density at radius 2 is 2.22 bits per heavy atom. The first-order valence-electron chi connectivity index (χ1n) is 6.35. The molecule has 1 fully saturated rings. The van der Waals surface area contributed by atoms with E-state index >= 15 is 0 Å². The summed E-state index contributed by atoms with van der Waals surface area (Å²) in [6.07, 6.45) is 6.63. The van der Waals surface area contributed by atoms with Gasteiger partial charge in [-0.2, -0.15) is 0 Å². The molecule has 1 aliphatic heterocycles. The third-order valence-corrected chi connectivity index (χ3v) is 3.81. The lowest BCUT2D eigenvalue weighted by Gasteiger charge is -2.22. The summed E-state index contributed by atoms with van der Waals surface area (Å²) < 4.78 is 6.57. The van der Waals surface area contributed by atoms with Gasteiger partial charge in [0.15, 0.2) is 0 Å². The highest BCUT2D eigenvalue weighted by Crippen LogP contribution is 2.26. The molecule has 2 rings (SSSR count). The predicted molar refractivity (Wildman–Crippen MR) is 76.0 cm³/mol. The standard InChI is InChI=1S/C12H19BrN4O/c1-14-11-10(13)12(17-8-16-11)15-6-5-9-4-2-3-7-18-9/h8-9H,2-7H2,1H3,(H2,14,15,16,17). The van der Waals surface area contributed by atoms with Crippen LogP contribution in [0.15, 0.2) is 10.8 Å². The molecule has 0 spiro atoms. The van der Waals surface area contributed by atoms with Crippen LogP contribution in [0.2, 0.25) is 0 Å². The van der Waals surface area contributed by atoms with Gasteiger partial charge >= 0.3 is 0 Å². The van der Waals surface area contributed by atoms with Crippen LogP contribution in [0.25, 0.3) is 0 Å². The van der Waals surface area contributed by atoms with Gasteiger partial charge in [-0.1, -0.05) is 0 Å². The molecule has 0 radical (unpaired) electrons. The highest BCUT2D eigenvalue weighted by Gasteiger charge is 2.14. The number of anilines is 2. The number of hydrogen-bond donors (Lipinski definition) is 2. The van der Waals surface area contributed by atoms with Crippen LogP contribution >= 0.6 is 15.9 Å². The summed E-state index contributed by atoms with van der Waals surface area (Å²) in [6, 6.07) is 0. The number of aromatic nitrogens is 2. The van der Waals surface area contributed by atoms with Gasteiger partial charge in [-0.3, -0.25) is 0 Å². The summed E-state index contributed by atoms with van der Waals surface area (Å²) >= 11 is 3.49. The third-order valence-electron chi connectivity index (χ3n) is 3.06. The highest BCUT2D eigenvalue weighted by molar-refractivity contribution is 9.10. The van der Waals surface area contributed by atoms with Crippen LogP contribution in [-0.2, 0) is 4.74 Å². The van der Waals surface area contributed by atoms with Crippen molar-refractivity contribution in [3.8, 4) is 0 Å². The number of nitrogens with one attached hydrogen (secondary N) is 2. The van der Waals surface area contributed by atoms with Gasteiger partial charge in [-0.15, -0.1) is 0 Å². The lowest BCUT2D eigenvalue weighted by molar-refractivity contribution is 0.0134. The van der Waals surface area contributed by atoms with E-state index in [1.165, 1.54) is 19.3 Å². The van der Waals surface area contributed by atoms with Crippen LogP contribution < -0.4 is 10.6 Å². The molecule has 1 saturated heterocycles. The van der Waals surface area contributed by atoms with Gasteiger partial charge in [-0.05, 0) is 41.6 Å². The number of halogens is 1. The number of ether oxygens (including phenoxy) is 1. The van der Waals surface area contributed by atoms with Crippen LogP contribution in [-0.4, -0.2) is 36.3 Å². The van der Waals surface area contributed by atoms with Gasteiger partial charge in [0.2, 0.25) is 0 Å². The Labute approximate surface area is 116 Å². The van der Waals surface area contributed by atoms with Crippen molar-refractivity contribution >= 4 is 27.6 Å². The van der Waals surface area contributed by atoms with Crippen molar-refractivity contribution in [2.24, 2.45) is 0 Å². The zero-order valence-electron chi connectivity index (χ0n) is 10.6. The van der Waals surface area contributed by atoms with E-state index in [0.717, 1.165) is 35.7 Å². The summed E-state index contributed by atoms with van der Waals surface area (Å²) in [5.74, 6) is 1.62. The van der Waals surface area contributed by atoms with Crippen molar-refractivity contribution in [1.82, 2.24) is 9.97 Å². The lowest BCUT2D eigenvalue weighted by atomic mass is 10.1. The average Bonchev–Trinajstić information content (AvgIpc) is 2.42. The topological polar surface area (TPSA) is 59.1 Å². The maximum Gasteiger partial charge on any atom is 0.145 e. The molecule has 1 unspecified atom stereocenters. The summed E-state index contributed by atoms with van der Waals surface area (Å²) in [7, 11) is 1.84. The minimum Gasteiger partial charge on any atom is -0.378 e. The molecule has 0 aromatic carbocycles. The van der Waals surface area contributed by atoms with Crippen LogP contribution in [0.3, 0.4) is 0 Å². The molecular formula is C12H19BrN4O. The zero-order chi connectivity index (χ0) is 12.8. The van der Waals surface area contributed by atoms with Crippen LogP contribution in [0.5, 0.6) is 0 Å². The largest absolute Gasteiger partial charge is 0.378 e. The third kappa shape index (κ3) is 3.55. The Kier molecular flexibility index (Phi) is 5.19. The second kappa shape index (κ2) is 6.89. The molecule has 2 N–H and O–H groups in total. The van der Waals surface area contributed by atoms with Crippen LogP contribution in [0.1, 0.15) is 25.7 Å². The molecule has 0 bridgehead atoms. The van der Waals surface area contributed by atoms with Crippen molar-refractivity contribution in [1.29, 1.82) is 0 Å². The van der Waals surface area contributed by atoms with Crippen molar-refractivity contribution in [2.45, 2.75) is 31.8 Å². The predicted octanol–water partition coefficient (Wildman–Crippen LogP) is 2.65. The highest BCUT2D eigenvalue weighted by atomic mass is 79.9. The van der Waals surface area contributed by atoms with E-state index in [1.807, 2.05) is 7.05 Å². The van der Waals surface area contributed by atoms with Crippen molar-refractivity contribution in [2.75, 3.05) is 30.8 Å². The van der Waals surface area contributed by atoms with Crippen molar-refractivity contribution in [3.63, 3.8) is 0 Å². The van der Waals surface area contributed by atoms with Gasteiger partial charge in [-0.25, -0.2) is 9.97 Å². The smallest absolute Gasteiger partial charge is 0.145 e. The molecular weight excluding hydrogens is 296 g/mol. The maximum atomic E-state index is 5.69. The normalized spacial score (nSPS) is 19.6. The van der Waals surface area contributed by atoms with E-state index in [4.69, 9.17) is 4.74 Å². The van der Waals surface area contributed by atoms with E-state index in [0.29, 0.717) is 6.10 Å². The Morgan fingerprint density at radius 3 is 2.94 bits per heavy atom. The molecule has 0 amide bonds. The Balaban J connectivity index is 1.82. The first kappa shape index (κ1) is 13.5. The molecule has 1 aromatic rings. The summed E-state index contributed by atoms with van der Waals surface area (Å²) in [6.45, 7) is 1.77. The van der Waals surface area contributed by atoms with Crippen LogP contribution in [0, 0.1) is 0 Å². The molecule has 0 aliphatic carbocycles. The zero-order valence-corrected chi connectivity index (χ0v) is 12.2. The van der Waals surface area contributed by atoms with Crippen LogP contribution in [0.4, 0.5) is 11.6 Å². The van der Waals surface area contributed by atoms with Crippen molar-refractivity contribution in [3.05, 3.63) is 10.8 Å². The first-order chi connectivity index (χ1) is 8.81. The molecule has 5 nitrogen and oxygen atoms in total. The molecule has 6 heteroatoms. The van der Waals surface area contributed by atoms with E-state index in [9.17, 15) is 0 Å². The average molecular weight is 315 g/mol. The Morgan fingerprint density at radius 1 is 1.39 bits per heavy atom. The van der Waals surface area contributed by atoms with E-state index in [2.05, 4.69) is 36.5 Å². The van der Waals surface area contributed by atoms with Gasteiger partial charge in [0, 0.05) is 20.2 Å². The molecule has 2 heterocycles. The van der Waals surface area contributed by atoms with Gasteiger partial charge in [0.05, 0.1) is 6.10 Å². The fourth-order valence-electron chi connectivity index (χ4n) is 2.05. The molecule has 1 aliphatic rings. The number of nitrogens with zero attached hydrogens (tertiary/aromatic N) is 2. The van der Waals surface area contributed by atoms with Gasteiger partial charge in [0.1, 0.15) is 22.4 Å². The molecule has 1 atom stereocenters. The Bertz CT molecular complexity index is 382. The second-order valence-electron chi connectivity index (χ2n) is 4.34. The molecule has 18 heavy (non-hydrogen) atoms. The summed E-state index contributed by atoms with van der Waals surface area (Å²) in [5, 5.41) is 6.33. The SMILES string of the molecule is CNc1ncnc(NCCC2CCCCO2)c1Br. The lowest BCUT2D eigenvalue weighted by Crippen LogP contribution is -2.22. The number of hydrogen-bond acceptors (Lipinski definition) is 5. The molecule has 100 valence electrons. The quantitative estimate of drug-likeness (QED) is 0.875. The minimum absolute atomic E-state index is 0.399. The summed E-state index contributed by atoms with van der Waals surface area (Å²) in [5.41, 5.74) is 0. The second-order valence-corrected chi connectivity index (χ2v) is 5.13. The monoisotopic (exact) mass is 314 g/mol. The summed E-state index contributed by atoms with van der Waals surface area (Å²) in [4.78, 5) is 8.34. The fraction of sp³-hybridized carbons (Fsp3) is 0.667. The molecule has 0 saturated carbocycles. The van der Waals surface area contributed by atoms with E-state index in [1.54, 1.807) is 6.33 Å². The van der Waals surface area contributed by atoms with Gasteiger partial charge in [0.25, 0.3) is 0 Å². The first-order valence-corrected chi connectivity index (χ1v) is 7.14. The van der Waals surface area contributed by atoms with E-state index in [-0.39, 0.29) is 0 Å². The minimum atomic E-state index is 0.399. The number of rotatable bonds is 5. The van der Waals surface area contributed by atoms with Gasteiger partial charge < -0.3 is 15.4 Å². The maximum absolute atomic E-state index is 5.69. The molecule has 1 aromatic heterocycles.